The molecule has 1 unspecified atom stereocenters. The zero-order chi connectivity index (χ0) is 10.7. The lowest BCUT2D eigenvalue weighted by molar-refractivity contribution is 0.482. The van der Waals surface area contributed by atoms with E-state index in [-0.39, 0.29) is 0 Å². The maximum Gasteiger partial charge on any atom is 0.129 e. The molecule has 0 radical (unpaired) electrons. The lowest BCUT2D eigenvalue weighted by Gasteiger charge is -2.21. The van der Waals surface area contributed by atoms with Crippen LogP contribution in [0.15, 0.2) is 22.9 Å². The van der Waals surface area contributed by atoms with Crippen LogP contribution in [0.25, 0.3) is 0 Å². The Kier molecular flexibility index (Phi) is 3.62. The summed E-state index contributed by atoms with van der Waals surface area (Å²) in [5.74, 6) is 0.831. The third kappa shape index (κ3) is 2.71. The van der Waals surface area contributed by atoms with E-state index in [0.717, 1.165) is 16.2 Å². The Balaban J connectivity index is 1.99. The van der Waals surface area contributed by atoms with Gasteiger partial charge in [-0.15, -0.1) is 0 Å². The predicted molar refractivity (Wildman–Crippen MR) is 67.0 cm³/mol. The zero-order valence-corrected chi connectivity index (χ0v) is 10.6. The Bertz CT molecular complexity index is 321. The molecule has 1 saturated carbocycles. The fourth-order valence-electron chi connectivity index (χ4n) is 2.31. The third-order valence-corrected chi connectivity index (χ3v) is 3.88. The molecule has 1 aliphatic rings. The van der Waals surface area contributed by atoms with Crippen LogP contribution in [-0.4, -0.2) is 11.0 Å². The molecule has 1 N–H and O–H groups in total. The van der Waals surface area contributed by atoms with Gasteiger partial charge < -0.3 is 5.32 Å². The Morgan fingerprint density at radius 3 is 2.87 bits per heavy atom. The third-order valence-electron chi connectivity index (χ3n) is 3.25. The highest BCUT2D eigenvalue weighted by molar-refractivity contribution is 9.10. The van der Waals surface area contributed by atoms with E-state index in [0.29, 0.717) is 6.04 Å². The smallest absolute Gasteiger partial charge is 0.129 e. The van der Waals surface area contributed by atoms with Gasteiger partial charge in [-0.2, -0.15) is 0 Å². The van der Waals surface area contributed by atoms with E-state index in [4.69, 9.17) is 0 Å². The van der Waals surface area contributed by atoms with Gasteiger partial charge in [0.1, 0.15) is 4.60 Å². The second-order valence-corrected chi connectivity index (χ2v) is 5.07. The monoisotopic (exact) mass is 268 g/mol. The van der Waals surface area contributed by atoms with E-state index in [1.54, 1.807) is 6.20 Å². The molecule has 1 fully saturated rings. The van der Waals surface area contributed by atoms with Gasteiger partial charge in [-0.25, -0.2) is 4.98 Å². The van der Waals surface area contributed by atoms with Gasteiger partial charge in [-0.05, 0) is 53.7 Å². The van der Waals surface area contributed by atoms with Crippen molar-refractivity contribution in [1.29, 1.82) is 0 Å². The number of aromatic nitrogens is 1. The summed E-state index contributed by atoms with van der Waals surface area (Å²) in [4.78, 5) is 4.21. The van der Waals surface area contributed by atoms with Crippen molar-refractivity contribution in [1.82, 2.24) is 4.98 Å². The molecule has 0 aromatic carbocycles. The lowest BCUT2D eigenvalue weighted by Crippen LogP contribution is -2.24. The number of rotatable bonds is 3. The van der Waals surface area contributed by atoms with Gasteiger partial charge in [0.2, 0.25) is 0 Å². The van der Waals surface area contributed by atoms with Crippen LogP contribution in [0.3, 0.4) is 0 Å². The molecule has 2 nitrogen and oxygen atoms in total. The zero-order valence-electron chi connectivity index (χ0n) is 9.04. The average Bonchev–Trinajstić information content (AvgIpc) is 2.74. The molecule has 0 bridgehead atoms. The molecule has 15 heavy (non-hydrogen) atoms. The fraction of sp³-hybridized carbons (Fsp3) is 0.583. The maximum absolute atomic E-state index is 4.21. The molecular weight excluding hydrogens is 252 g/mol. The number of hydrogen-bond acceptors (Lipinski definition) is 2. The first-order valence-electron chi connectivity index (χ1n) is 5.64. The first kappa shape index (κ1) is 10.9. The van der Waals surface area contributed by atoms with E-state index < -0.39 is 0 Å². The predicted octanol–water partition coefficient (Wildman–Crippen LogP) is 3.83. The Hall–Kier alpha value is -0.570. The van der Waals surface area contributed by atoms with Crippen molar-refractivity contribution in [2.24, 2.45) is 5.92 Å². The quantitative estimate of drug-likeness (QED) is 0.843. The molecule has 1 aliphatic carbocycles. The second-order valence-electron chi connectivity index (χ2n) is 4.32. The van der Waals surface area contributed by atoms with Crippen LogP contribution in [0.2, 0.25) is 0 Å². The second kappa shape index (κ2) is 4.97. The van der Waals surface area contributed by atoms with E-state index >= 15 is 0 Å². The lowest BCUT2D eigenvalue weighted by atomic mass is 10.00. The topological polar surface area (TPSA) is 24.9 Å². The van der Waals surface area contributed by atoms with E-state index in [1.165, 1.54) is 25.7 Å². The Morgan fingerprint density at radius 2 is 2.20 bits per heavy atom. The number of pyridine rings is 1. The van der Waals surface area contributed by atoms with Crippen LogP contribution < -0.4 is 5.32 Å². The summed E-state index contributed by atoms with van der Waals surface area (Å²) in [5, 5.41) is 3.54. The summed E-state index contributed by atoms with van der Waals surface area (Å²) in [6, 6.07) is 4.59. The van der Waals surface area contributed by atoms with Crippen LogP contribution in [0.5, 0.6) is 0 Å². The van der Waals surface area contributed by atoms with Crippen LogP contribution in [0.4, 0.5) is 5.69 Å². The number of nitrogens with one attached hydrogen (secondary N) is 1. The van der Waals surface area contributed by atoms with Gasteiger partial charge in [-0.1, -0.05) is 12.8 Å². The van der Waals surface area contributed by atoms with E-state index in [2.05, 4.69) is 39.2 Å². The molecule has 1 aromatic heterocycles. The van der Waals surface area contributed by atoms with Crippen molar-refractivity contribution in [2.45, 2.75) is 38.6 Å². The van der Waals surface area contributed by atoms with Gasteiger partial charge in [0, 0.05) is 12.2 Å². The summed E-state index contributed by atoms with van der Waals surface area (Å²) < 4.78 is 0.912. The number of nitrogens with zero attached hydrogens (tertiary/aromatic N) is 1. The van der Waals surface area contributed by atoms with Gasteiger partial charge in [-0.3, -0.25) is 0 Å². The molecule has 1 atom stereocenters. The molecular formula is C12H17BrN2. The summed E-state index contributed by atoms with van der Waals surface area (Å²) in [7, 11) is 0. The highest BCUT2D eigenvalue weighted by Gasteiger charge is 2.21. The minimum Gasteiger partial charge on any atom is -0.380 e. The minimum absolute atomic E-state index is 0.549. The van der Waals surface area contributed by atoms with Crippen molar-refractivity contribution in [3.63, 3.8) is 0 Å². The summed E-state index contributed by atoms with van der Waals surface area (Å²) in [6.45, 7) is 2.27. The first-order valence-corrected chi connectivity index (χ1v) is 6.43. The van der Waals surface area contributed by atoms with Crippen molar-refractivity contribution < 1.29 is 0 Å². The Labute approximate surface area is 99.6 Å². The number of halogens is 1. The summed E-state index contributed by atoms with van der Waals surface area (Å²) in [6.07, 6.45) is 7.32. The van der Waals surface area contributed by atoms with E-state index in [1.807, 2.05) is 6.07 Å². The largest absolute Gasteiger partial charge is 0.380 e. The van der Waals surface area contributed by atoms with Gasteiger partial charge in [0.25, 0.3) is 0 Å². The first-order chi connectivity index (χ1) is 7.27. The van der Waals surface area contributed by atoms with Gasteiger partial charge in [0.05, 0.1) is 5.69 Å². The van der Waals surface area contributed by atoms with Crippen LogP contribution in [-0.2, 0) is 0 Å². The SMILES string of the molecule is CC(Nc1cccnc1Br)C1CCCC1. The van der Waals surface area contributed by atoms with Crippen LogP contribution >= 0.6 is 15.9 Å². The molecule has 2 rings (SSSR count). The minimum atomic E-state index is 0.549. The molecule has 82 valence electrons. The fourth-order valence-corrected chi connectivity index (χ4v) is 2.68. The van der Waals surface area contributed by atoms with Gasteiger partial charge in [0.15, 0.2) is 0 Å². The molecule has 0 spiro atoms. The Morgan fingerprint density at radius 1 is 1.47 bits per heavy atom. The highest BCUT2D eigenvalue weighted by Crippen LogP contribution is 2.30. The van der Waals surface area contributed by atoms with Crippen molar-refractivity contribution in [2.75, 3.05) is 5.32 Å². The number of hydrogen-bond donors (Lipinski definition) is 1. The standard InChI is InChI=1S/C12H17BrN2/c1-9(10-5-2-3-6-10)15-11-7-4-8-14-12(11)13/h4,7-10,15H,2-3,5-6H2,1H3. The average molecular weight is 269 g/mol. The number of anilines is 1. The molecule has 0 aliphatic heterocycles. The molecule has 1 aromatic rings. The molecule has 0 saturated heterocycles. The molecule has 1 heterocycles. The molecule has 3 heteroatoms. The van der Waals surface area contributed by atoms with Gasteiger partial charge >= 0.3 is 0 Å². The van der Waals surface area contributed by atoms with Crippen molar-refractivity contribution >= 4 is 21.6 Å². The molecule has 0 amide bonds. The summed E-state index contributed by atoms with van der Waals surface area (Å²) >= 11 is 3.46. The summed E-state index contributed by atoms with van der Waals surface area (Å²) in [5.41, 5.74) is 1.11. The van der Waals surface area contributed by atoms with Crippen LogP contribution in [0, 0.1) is 5.92 Å². The maximum atomic E-state index is 4.21. The normalized spacial score (nSPS) is 19.1. The van der Waals surface area contributed by atoms with E-state index in [9.17, 15) is 0 Å². The highest BCUT2D eigenvalue weighted by atomic mass is 79.9. The van der Waals surface area contributed by atoms with Crippen LogP contribution in [0.1, 0.15) is 32.6 Å². The van der Waals surface area contributed by atoms with Crippen molar-refractivity contribution in [3.8, 4) is 0 Å². The van der Waals surface area contributed by atoms with Crippen molar-refractivity contribution in [3.05, 3.63) is 22.9 Å².